The van der Waals surface area contributed by atoms with E-state index >= 15 is 0 Å². The summed E-state index contributed by atoms with van der Waals surface area (Å²) in [6.07, 6.45) is 1.58. The number of benzene rings is 1. The number of carbonyl (C=O) groups excluding carboxylic acids is 2. The van der Waals surface area contributed by atoms with Crippen LogP contribution >= 0.6 is 0 Å². The van der Waals surface area contributed by atoms with E-state index in [-0.39, 0.29) is 17.9 Å². The van der Waals surface area contributed by atoms with Gasteiger partial charge < -0.3 is 15.0 Å². The largest absolute Gasteiger partial charge is 0.465 e. The molecule has 0 radical (unpaired) electrons. The van der Waals surface area contributed by atoms with Crippen LogP contribution in [0.2, 0.25) is 0 Å². The van der Waals surface area contributed by atoms with E-state index in [4.69, 9.17) is 4.74 Å². The van der Waals surface area contributed by atoms with Gasteiger partial charge in [-0.2, -0.15) is 0 Å². The van der Waals surface area contributed by atoms with E-state index in [1.807, 2.05) is 25.1 Å². The topological polar surface area (TPSA) is 58.6 Å². The van der Waals surface area contributed by atoms with Gasteiger partial charge in [-0.3, -0.25) is 4.79 Å². The van der Waals surface area contributed by atoms with Crippen LogP contribution in [0.15, 0.2) is 18.2 Å². The summed E-state index contributed by atoms with van der Waals surface area (Å²) >= 11 is 0. The number of likely N-dealkylation sites (N-methyl/N-ethyl adjacent to an activating group) is 1. The molecular weight excluding hydrogens is 256 g/mol. The molecular formula is C15H20N2O3. The smallest absolute Gasteiger partial charge is 0.339 e. The van der Waals surface area contributed by atoms with Crippen molar-refractivity contribution in [2.75, 3.05) is 26.0 Å². The number of likely N-dealkylation sites (tertiary alicyclic amines) is 1. The minimum atomic E-state index is -0.387. The molecule has 1 aliphatic heterocycles. The van der Waals surface area contributed by atoms with Gasteiger partial charge in [0.1, 0.15) is 6.04 Å². The van der Waals surface area contributed by atoms with Gasteiger partial charge in [0.25, 0.3) is 0 Å². The molecule has 5 nitrogen and oxygen atoms in total. The van der Waals surface area contributed by atoms with Crippen molar-refractivity contribution >= 4 is 17.6 Å². The first-order chi connectivity index (χ1) is 9.56. The zero-order valence-corrected chi connectivity index (χ0v) is 12.1. The van der Waals surface area contributed by atoms with Crippen LogP contribution in [0, 0.1) is 0 Å². The lowest BCUT2D eigenvalue weighted by atomic mass is 10.1. The molecule has 0 spiro atoms. The summed E-state index contributed by atoms with van der Waals surface area (Å²) in [5.41, 5.74) is 2.20. The Morgan fingerprint density at radius 2 is 2.25 bits per heavy atom. The molecule has 5 heteroatoms. The molecule has 0 bridgehead atoms. The molecule has 1 heterocycles. The van der Waals surface area contributed by atoms with Gasteiger partial charge in [-0.25, -0.2) is 4.79 Å². The molecule has 1 fully saturated rings. The predicted octanol–water partition coefficient (Wildman–Crippen LogP) is 1.68. The fourth-order valence-electron chi connectivity index (χ4n) is 2.36. The Balaban J connectivity index is 2.26. The van der Waals surface area contributed by atoms with Crippen LogP contribution in [-0.2, 0) is 16.0 Å². The van der Waals surface area contributed by atoms with Crippen LogP contribution in [0.4, 0.5) is 5.69 Å². The number of rotatable bonds is 4. The Kier molecular flexibility index (Phi) is 4.27. The SMILES string of the molecule is CCc1ccc(NC2CCN(C)C2=O)c(C(=O)OC)c1. The van der Waals surface area contributed by atoms with Crippen molar-refractivity contribution in [3.63, 3.8) is 0 Å². The van der Waals surface area contributed by atoms with E-state index < -0.39 is 0 Å². The summed E-state index contributed by atoms with van der Waals surface area (Å²) in [7, 11) is 3.14. The third kappa shape index (κ3) is 2.76. The molecule has 108 valence electrons. The lowest BCUT2D eigenvalue weighted by Gasteiger charge is -2.16. The Labute approximate surface area is 118 Å². The second-order valence-corrected chi connectivity index (χ2v) is 4.97. The molecule has 1 amide bonds. The van der Waals surface area contributed by atoms with Crippen molar-refractivity contribution < 1.29 is 14.3 Å². The first kappa shape index (κ1) is 14.4. The first-order valence-corrected chi connectivity index (χ1v) is 6.79. The number of nitrogens with one attached hydrogen (secondary N) is 1. The van der Waals surface area contributed by atoms with Gasteiger partial charge in [0.2, 0.25) is 5.91 Å². The quantitative estimate of drug-likeness (QED) is 0.850. The molecule has 1 aliphatic rings. The van der Waals surface area contributed by atoms with Crippen LogP contribution in [0.25, 0.3) is 0 Å². The summed E-state index contributed by atoms with van der Waals surface area (Å²) < 4.78 is 4.81. The number of esters is 1. The molecule has 0 aliphatic carbocycles. The van der Waals surface area contributed by atoms with Crippen LogP contribution in [0.3, 0.4) is 0 Å². The molecule has 1 atom stereocenters. The van der Waals surface area contributed by atoms with Crippen molar-refractivity contribution in [2.45, 2.75) is 25.8 Å². The lowest BCUT2D eigenvalue weighted by Crippen LogP contribution is -2.31. The van der Waals surface area contributed by atoms with E-state index in [9.17, 15) is 9.59 Å². The fraction of sp³-hybridized carbons (Fsp3) is 0.467. The highest BCUT2D eigenvalue weighted by Gasteiger charge is 2.29. The normalized spacial score (nSPS) is 18.2. The zero-order valence-electron chi connectivity index (χ0n) is 12.1. The maximum Gasteiger partial charge on any atom is 0.339 e. The second-order valence-electron chi connectivity index (χ2n) is 4.97. The first-order valence-electron chi connectivity index (χ1n) is 6.79. The summed E-state index contributed by atoms with van der Waals surface area (Å²) in [6.45, 7) is 2.76. The van der Waals surface area contributed by atoms with E-state index in [1.165, 1.54) is 7.11 Å². The summed E-state index contributed by atoms with van der Waals surface area (Å²) in [5, 5.41) is 3.16. The van der Waals surface area contributed by atoms with Gasteiger partial charge in [0.05, 0.1) is 12.7 Å². The van der Waals surface area contributed by atoms with Gasteiger partial charge in [-0.1, -0.05) is 13.0 Å². The maximum atomic E-state index is 11.9. The number of carbonyl (C=O) groups is 2. The lowest BCUT2D eigenvalue weighted by molar-refractivity contribution is -0.127. The molecule has 20 heavy (non-hydrogen) atoms. The van der Waals surface area contributed by atoms with Crippen molar-refractivity contribution in [1.29, 1.82) is 0 Å². The molecule has 0 saturated carbocycles. The Bertz CT molecular complexity index is 528. The number of hydrogen-bond donors (Lipinski definition) is 1. The molecule has 1 unspecified atom stereocenters. The number of methoxy groups -OCH3 is 1. The standard InChI is InChI=1S/C15H20N2O3/c1-4-10-5-6-12(11(9-10)15(19)20-3)16-13-7-8-17(2)14(13)18/h5-6,9,13,16H,4,7-8H2,1-3H3. The van der Waals surface area contributed by atoms with Gasteiger partial charge in [-0.15, -0.1) is 0 Å². The van der Waals surface area contributed by atoms with Crippen LogP contribution < -0.4 is 5.32 Å². The van der Waals surface area contributed by atoms with Crippen LogP contribution in [0.5, 0.6) is 0 Å². The Hall–Kier alpha value is -2.04. The molecule has 1 saturated heterocycles. The van der Waals surface area contributed by atoms with Gasteiger partial charge in [0.15, 0.2) is 0 Å². The van der Waals surface area contributed by atoms with Crippen molar-refractivity contribution in [2.24, 2.45) is 0 Å². The maximum absolute atomic E-state index is 11.9. The van der Waals surface area contributed by atoms with E-state index in [0.717, 1.165) is 24.9 Å². The van der Waals surface area contributed by atoms with Gasteiger partial charge >= 0.3 is 5.97 Å². The molecule has 1 N–H and O–H groups in total. The fourth-order valence-corrected chi connectivity index (χ4v) is 2.36. The van der Waals surface area contributed by atoms with Crippen LogP contribution in [-0.4, -0.2) is 43.5 Å². The number of nitrogens with zero attached hydrogens (tertiary/aromatic N) is 1. The number of anilines is 1. The second kappa shape index (κ2) is 5.94. The minimum absolute atomic E-state index is 0.0559. The summed E-state index contributed by atoms with van der Waals surface area (Å²) in [5.74, 6) is -0.331. The van der Waals surface area contributed by atoms with Crippen LogP contribution in [0.1, 0.15) is 29.3 Å². The highest BCUT2D eigenvalue weighted by Crippen LogP contribution is 2.22. The third-order valence-electron chi connectivity index (χ3n) is 3.65. The summed E-state index contributed by atoms with van der Waals surface area (Å²) in [4.78, 5) is 25.5. The zero-order chi connectivity index (χ0) is 14.7. The van der Waals surface area contributed by atoms with Crippen molar-refractivity contribution in [1.82, 2.24) is 4.90 Å². The molecule has 1 aromatic carbocycles. The van der Waals surface area contributed by atoms with Gasteiger partial charge in [0, 0.05) is 19.3 Å². The highest BCUT2D eigenvalue weighted by atomic mass is 16.5. The van der Waals surface area contributed by atoms with E-state index in [2.05, 4.69) is 5.32 Å². The van der Waals surface area contributed by atoms with Gasteiger partial charge in [-0.05, 0) is 30.5 Å². The minimum Gasteiger partial charge on any atom is -0.465 e. The Morgan fingerprint density at radius 1 is 1.50 bits per heavy atom. The monoisotopic (exact) mass is 276 g/mol. The van der Waals surface area contributed by atoms with Crippen molar-refractivity contribution in [3.8, 4) is 0 Å². The Morgan fingerprint density at radius 3 is 2.80 bits per heavy atom. The number of hydrogen-bond acceptors (Lipinski definition) is 4. The molecule has 0 aromatic heterocycles. The predicted molar refractivity (Wildman–Crippen MR) is 76.8 cm³/mol. The molecule has 2 rings (SSSR count). The average Bonchev–Trinajstić information content (AvgIpc) is 2.79. The number of amides is 1. The van der Waals surface area contributed by atoms with E-state index in [0.29, 0.717) is 11.3 Å². The summed E-state index contributed by atoms with van der Waals surface area (Å²) in [6, 6.07) is 5.35. The third-order valence-corrected chi connectivity index (χ3v) is 3.65. The average molecular weight is 276 g/mol. The van der Waals surface area contributed by atoms with E-state index in [1.54, 1.807) is 11.9 Å². The number of aryl methyl sites for hydroxylation is 1. The number of ether oxygens (including phenoxy) is 1. The highest BCUT2D eigenvalue weighted by molar-refractivity contribution is 5.97. The molecule has 1 aromatic rings. The van der Waals surface area contributed by atoms with Crippen molar-refractivity contribution in [3.05, 3.63) is 29.3 Å².